The Labute approximate surface area is 137 Å². The highest BCUT2D eigenvalue weighted by molar-refractivity contribution is 5.85. The molecule has 1 unspecified atom stereocenters. The molecular formula is C15H24ClN3O3. The fourth-order valence-electron chi connectivity index (χ4n) is 1.58. The topological polar surface area (TPSA) is 84.7 Å². The first-order valence-electron chi connectivity index (χ1n) is 6.82. The van der Waals surface area contributed by atoms with Crippen LogP contribution in [0.1, 0.15) is 18.9 Å². The summed E-state index contributed by atoms with van der Waals surface area (Å²) in [5.74, 6) is 0.411. The third-order valence-corrected chi connectivity index (χ3v) is 2.76. The van der Waals surface area contributed by atoms with E-state index < -0.39 is 0 Å². The molecule has 1 aromatic rings. The maximum atomic E-state index is 11.5. The zero-order valence-corrected chi connectivity index (χ0v) is 14.0. The van der Waals surface area contributed by atoms with Crippen LogP contribution in [0, 0.1) is 0 Å². The van der Waals surface area contributed by atoms with Crippen LogP contribution >= 0.6 is 12.4 Å². The maximum absolute atomic E-state index is 11.5. The molecule has 0 fully saturated rings. The first-order valence-corrected chi connectivity index (χ1v) is 6.82. The third-order valence-electron chi connectivity index (χ3n) is 2.76. The summed E-state index contributed by atoms with van der Waals surface area (Å²) in [6.45, 7) is 2.19. The lowest BCUT2D eigenvalue weighted by Gasteiger charge is -2.12. The molecule has 0 spiro atoms. The second-order valence-electron chi connectivity index (χ2n) is 5.18. The molecule has 2 amide bonds. The Morgan fingerprint density at radius 1 is 1.36 bits per heavy atom. The van der Waals surface area contributed by atoms with Gasteiger partial charge in [-0.25, -0.2) is 0 Å². The molecule has 124 valence electrons. The molecule has 0 aliphatic carbocycles. The van der Waals surface area contributed by atoms with Crippen molar-refractivity contribution in [1.82, 2.24) is 10.2 Å². The number of carbonyl (C=O) groups is 2. The van der Waals surface area contributed by atoms with Gasteiger partial charge in [0, 0.05) is 33.1 Å². The average Bonchev–Trinajstić information content (AvgIpc) is 2.42. The van der Waals surface area contributed by atoms with Crippen LogP contribution in [0.2, 0.25) is 0 Å². The summed E-state index contributed by atoms with van der Waals surface area (Å²) >= 11 is 0. The Hall–Kier alpha value is -1.79. The number of amides is 2. The molecule has 0 saturated carbocycles. The molecule has 22 heavy (non-hydrogen) atoms. The number of rotatable bonds is 7. The number of carbonyl (C=O) groups excluding carboxylic acids is 2. The lowest BCUT2D eigenvalue weighted by Crippen LogP contribution is -2.29. The lowest BCUT2D eigenvalue weighted by molar-refractivity contribution is -0.130. The highest BCUT2D eigenvalue weighted by atomic mass is 35.5. The predicted octanol–water partition coefficient (Wildman–Crippen LogP) is 0.929. The Bertz CT molecular complexity index is 493. The summed E-state index contributed by atoms with van der Waals surface area (Å²) in [6, 6.07) is 7.12. The van der Waals surface area contributed by atoms with Crippen molar-refractivity contribution in [3.05, 3.63) is 29.8 Å². The van der Waals surface area contributed by atoms with Crippen LogP contribution in [-0.4, -0.2) is 43.5 Å². The standard InChI is InChI=1S/C15H23N3O3.ClH/c1-11(16)7-14(19)17-9-12-5-4-6-13(8-12)21-10-15(20)18(2)3;/h4-6,8,11H,7,9-10,16H2,1-3H3,(H,17,19);1H. The molecule has 0 radical (unpaired) electrons. The van der Waals surface area contributed by atoms with E-state index in [9.17, 15) is 9.59 Å². The molecule has 0 bridgehead atoms. The van der Waals surface area contributed by atoms with E-state index in [1.807, 2.05) is 12.1 Å². The van der Waals surface area contributed by atoms with Crippen molar-refractivity contribution in [1.29, 1.82) is 0 Å². The summed E-state index contributed by atoms with van der Waals surface area (Å²) < 4.78 is 5.42. The number of likely N-dealkylation sites (N-methyl/N-ethyl adjacent to an activating group) is 1. The van der Waals surface area contributed by atoms with Crippen molar-refractivity contribution < 1.29 is 14.3 Å². The molecule has 1 rings (SSSR count). The first-order chi connectivity index (χ1) is 9.88. The van der Waals surface area contributed by atoms with E-state index in [4.69, 9.17) is 10.5 Å². The molecule has 3 N–H and O–H groups in total. The Morgan fingerprint density at radius 3 is 2.64 bits per heavy atom. The van der Waals surface area contributed by atoms with Gasteiger partial charge in [-0.2, -0.15) is 0 Å². The zero-order valence-electron chi connectivity index (χ0n) is 13.2. The van der Waals surface area contributed by atoms with Gasteiger partial charge in [0.1, 0.15) is 5.75 Å². The van der Waals surface area contributed by atoms with Crippen LogP contribution in [0.25, 0.3) is 0 Å². The number of hydrogen-bond acceptors (Lipinski definition) is 4. The fraction of sp³-hybridized carbons (Fsp3) is 0.467. The van der Waals surface area contributed by atoms with Gasteiger partial charge in [-0.1, -0.05) is 12.1 Å². The number of benzene rings is 1. The summed E-state index contributed by atoms with van der Waals surface area (Å²) in [5.41, 5.74) is 6.47. The van der Waals surface area contributed by atoms with Gasteiger partial charge in [0.05, 0.1) is 0 Å². The Kier molecular flexibility index (Phi) is 9.21. The van der Waals surface area contributed by atoms with Crippen molar-refractivity contribution in [3.8, 4) is 5.75 Å². The summed E-state index contributed by atoms with van der Waals surface area (Å²) in [4.78, 5) is 24.5. The Morgan fingerprint density at radius 2 is 2.05 bits per heavy atom. The van der Waals surface area contributed by atoms with Gasteiger partial charge in [0.25, 0.3) is 5.91 Å². The third kappa shape index (κ3) is 7.85. The number of nitrogens with zero attached hydrogens (tertiary/aromatic N) is 1. The highest BCUT2D eigenvalue weighted by Crippen LogP contribution is 2.13. The minimum atomic E-state index is -0.156. The predicted molar refractivity (Wildman–Crippen MR) is 88.0 cm³/mol. The average molecular weight is 330 g/mol. The maximum Gasteiger partial charge on any atom is 0.259 e. The van der Waals surface area contributed by atoms with E-state index in [-0.39, 0.29) is 36.9 Å². The monoisotopic (exact) mass is 329 g/mol. The van der Waals surface area contributed by atoms with Crippen molar-refractivity contribution in [2.75, 3.05) is 20.7 Å². The van der Waals surface area contributed by atoms with E-state index in [0.29, 0.717) is 18.7 Å². The van der Waals surface area contributed by atoms with Gasteiger partial charge in [-0.3, -0.25) is 9.59 Å². The van der Waals surface area contributed by atoms with Crippen LogP contribution in [0.15, 0.2) is 24.3 Å². The highest BCUT2D eigenvalue weighted by Gasteiger charge is 2.07. The van der Waals surface area contributed by atoms with Crippen molar-refractivity contribution in [3.63, 3.8) is 0 Å². The normalized spacial score (nSPS) is 11.1. The number of halogens is 1. The van der Waals surface area contributed by atoms with E-state index in [2.05, 4.69) is 5.32 Å². The minimum Gasteiger partial charge on any atom is -0.484 e. The van der Waals surface area contributed by atoms with Crippen LogP contribution in [-0.2, 0) is 16.1 Å². The van der Waals surface area contributed by atoms with Gasteiger partial charge in [0.15, 0.2) is 6.61 Å². The molecular weight excluding hydrogens is 306 g/mol. The van der Waals surface area contributed by atoms with Gasteiger partial charge in [-0.15, -0.1) is 12.4 Å². The van der Waals surface area contributed by atoms with E-state index in [0.717, 1.165) is 5.56 Å². The number of nitrogens with one attached hydrogen (secondary N) is 1. The van der Waals surface area contributed by atoms with Gasteiger partial charge in [-0.05, 0) is 24.6 Å². The van der Waals surface area contributed by atoms with E-state index in [1.165, 1.54) is 4.90 Å². The molecule has 7 heteroatoms. The van der Waals surface area contributed by atoms with Crippen LogP contribution in [0.5, 0.6) is 5.75 Å². The first kappa shape index (κ1) is 20.2. The van der Waals surface area contributed by atoms with Crippen molar-refractivity contribution in [2.24, 2.45) is 5.73 Å². The van der Waals surface area contributed by atoms with Gasteiger partial charge in [0.2, 0.25) is 5.91 Å². The van der Waals surface area contributed by atoms with Crippen LogP contribution < -0.4 is 15.8 Å². The van der Waals surface area contributed by atoms with Crippen molar-refractivity contribution in [2.45, 2.75) is 25.9 Å². The minimum absolute atomic E-state index is 0. The van der Waals surface area contributed by atoms with Crippen LogP contribution in [0.4, 0.5) is 0 Å². The molecule has 1 atom stereocenters. The van der Waals surface area contributed by atoms with Crippen LogP contribution in [0.3, 0.4) is 0 Å². The van der Waals surface area contributed by atoms with Gasteiger partial charge >= 0.3 is 0 Å². The molecule has 0 heterocycles. The molecule has 0 saturated heterocycles. The number of nitrogens with two attached hydrogens (primary N) is 1. The summed E-state index contributed by atoms with van der Waals surface area (Å²) in [7, 11) is 3.35. The Balaban J connectivity index is 0.00000441. The lowest BCUT2D eigenvalue weighted by atomic mass is 10.2. The van der Waals surface area contributed by atoms with E-state index in [1.54, 1.807) is 33.2 Å². The number of hydrogen-bond donors (Lipinski definition) is 2. The SMILES string of the molecule is CC(N)CC(=O)NCc1cccc(OCC(=O)N(C)C)c1.Cl. The fourth-order valence-corrected chi connectivity index (χ4v) is 1.58. The summed E-state index contributed by atoms with van der Waals surface area (Å²) in [5, 5.41) is 2.79. The second-order valence-corrected chi connectivity index (χ2v) is 5.18. The number of ether oxygens (including phenoxy) is 1. The largest absolute Gasteiger partial charge is 0.484 e. The second kappa shape index (κ2) is 10.0. The van der Waals surface area contributed by atoms with Crippen molar-refractivity contribution >= 4 is 24.2 Å². The smallest absolute Gasteiger partial charge is 0.259 e. The molecule has 1 aromatic carbocycles. The quantitative estimate of drug-likeness (QED) is 0.779. The zero-order chi connectivity index (χ0) is 15.8. The molecule has 0 aliphatic heterocycles. The van der Waals surface area contributed by atoms with Gasteiger partial charge < -0.3 is 20.7 Å². The molecule has 0 aromatic heterocycles. The summed E-state index contributed by atoms with van der Waals surface area (Å²) in [6.07, 6.45) is 0.299. The molecule has 0 aliphatic rings. The molecule has 6 nitrogen and oxygen atoms in total. The van der Waals surface area contributed by atoms with E-state index >= 15 is 0 Å².